The van der Waals surface area contributed by atoms with Crippen LogP contribution in [0.1, 0.15) is 23.1 Å². The van der Waals surface area contributed by atoms with Crippen molar-refractivity contribution in [3.63, 3.8) is 0 Å². The van der Waals surface area contributed by atoms with Crippen molar-refractivity contribution in [3.05, 3.63) is 59.2 Å². The summed E-state index contributed by atoms with van der Waals surface area (Å²) in [5, 5.41) is 3.04. The summed E-state index contributed by atoms with van der Waals surface area (Å²) in [5.41, 5.74) is 5.64. The predicted molar refractivity (Wildman–Crippen MR) is 102 cm³/mol. The molecule has 0 unspecified atom stereocenters. The van der Waals surface area contributed by atoms with Crippen LogP contribution in [0.2, 0.25) is 0 Å². The number of nitrogens with one attached hydrogen (secondary N) is 1. The first kappa shape index (κ1) is 17.5. The van der Waals surface area contributed by atoms with Crippen molar-refractivity contribution >= 4 is 17.3 Å². The third-order valence-corrected chi connectivity index (χ3v) is 4.60. The quantitative estimate of drug-likeness (QED) is 0.875. The molecule has 0 radical (unpaired) electrons. The lowest BCUT2D eigenvalue weighted by Gasteiger charge is -2.31. The van der Waals surface area contributed by atoms with Crippen molar-refractivity contribution in [3.8, 4) is 0 Å². The molecule has 0 saturated carbocycles. The molecule has 3 rings (SSSR count). The molecule has 0 bridgehead atoms. The maximum atomic E-state index is 12.4. The highest BCUT2D eigenvalue weighted by Crippen LogP contribution is 2.30. The molecule has 0 saturated heterocycles. The minimum absolute atomic E-state index is 0.0183. The van der Waals surface area contributed by atoms with E-state index >= 15 is 0 Å². The Morgan fingerprint density at radius 1 is 1.24 bits per heavy atom. The number of carbonyl (C=O) groups is 1. The van der Waals surface area contributed by atoms with Gasteiger partial charge in [-0.05, 0) is 43.0 Å². The minimum Gasteiger partial charge on any atom is -0.383 e. The van der Waals surface area contributed by atoms with Crippen LogP contribution < -0.4 is 10.2 Å². The van der Waals surface area contributed by atoms with E-state index in [2.05, 4.69) is 28.4 Å². The average molecular weight is 338 g/mol. The van der Waals surface area contributed by atoms with Crippen LogP contribution in [-0.2, 0) is 22.4 Å². The number of benzene rings is 2. The zero-order valence-electron chi connectivity index (χ0n) is 15.0. The van der Waals surface area contributed by atoms with Crippen LogP contribution in [-0.4, -0.2) is 32.7 Å². The molecule has 1 heterocycles. The second-order valence-corrected chi connectivity index (χ2v) is 6.64. The van der Waals surface area contributed by atoms with E-state index in [1.165, 1.54) is 16.8 Å². The van der Waals surface area contributed by atoms with Gasteiger partial charge in [-0.25, -0.2) is 0 Å². The van der Waals surface area contributed by atoms with Gasteiger partial charge in [0.25, 0.3) is 0 Å². The number of fused-ring (bicyclic) bond motifs is 1. The molecule has 1 N–H and O–H groups in total. The number of hydrogen-bond donors (Lipinski definition) is 1. The molecule has 1 amide bonds. The van der Waals surface area contributed by atoms with Gasteiger partial charge in [0.2, 0.25) is 5.91 Å². The average Bonchev–Trinajstić information content (AvgIpc) is 2.60. The molecule has 132 valence electrons. The number of aryl methyl sites for hydroxylation is 2. The summed E-state index contributed by atoms with van der Waals surface area (Å²) in [5.74, 6) is 0.0183. The van der Waals surface area contributed by atoms with Crippen LogP contribution in [0.3, 0.4) is 0 Å². The topological polar surface area (TPSA) is 41.6 Å². The molecule has 25 heavy (non-hydrogen) atoms. The summed E-state index contributed by atoms with van der Waals surface area (Å²) in [4.78, 5) is 14.7. The summed E-state index contributed by atoms with van der Waals surface area (Å²) in [6.07, 6.45) is 2.65. The molecule has 1 aliphatic rings. The smallest absolute Gasteiger partial charge is 0.228 e. The Labute approximate surface area is 149 Å². The predicted octanol–water partition coefficient (Wildman–Crippen LogP) is 3.58. The first-order valence-corrected chi connectivity index (χ1v) is 8.88. The molecular formula is C21H26N2O2. The number of methoxy groups -OCH3 is 1. The number of carbonyl (C=O) groups excluding carboxylic acids is 1. The lowest BCUT2D eigenvalue weighted by molar-refractivity contribution is -0.115. The van der Waals surface area contributed by atoms with Crippen LogP contribution >= 0.6 is 0 Å². The van der Waals surface area contributed by atoms with E-state index in [1.807, 2.05) is 31.2 Å². The van der Waals surface area contributed by atoms with Crippen molar-refractivity contribution < 1.29 is 9.53 Å². The van der Waals surface area contributed by atoms with E-state index in [0.717, 1.165) is 37.2 Å². The van der Waals surface area contributed by atoms with Crippen molar-refractivity contribution in [2.45, 2.75) is 26.2 Å². The fourth-order valence-corrected chi connectivity index (χ4v) is 3.37. The molecule has 2 aromatic carbocycles. The standard InChI is InChI=1S/C21H26N2O2/c1-16-5-3-6-17(13-16)14-21(24)22-19-9-8-18-7-4-10-23(11-12-25-2)20(18)15-19/h3,5-6,8-9,13,15H,4,7,10-12,14H2,1-2H3,(H,22,24). The van der Waals surface area contributed by atoms with Gasteiger partial charge in [-0.15, -0.1) is 0 Å². The molecule has 2 aromatic rings. The molecule has 0 spiro atoms. The number of ether oxygens (including phenoxy) is 1. The normalized spacial score (nSPS) is 13.4. The lowest BCUT2D eigenvalue weighted by Crippen LogP contribution is -2.32. The Morgan fingerprint density at radius 2 is 2.12 bits per heavy atom. The van der Waals surface area contributed by atoms with Gasteiger partial charge in [0.05, 0.1) is 13.0 Å². The van der Waals surface area contributed by atoms with Crippen molar-refractivity contribution in [1.29, 1.82) is 0 Å². The Morgan fingerprint density at radius 3 is 2.92 bits per heavy atom. The van der Waals surface area contributed by atoms with Gasteiger partial charge in [0.15, 0.2) is 0 Å². The molecule has 4 heteroatoms. The molecule has 1 aliphatic heterocycles. The van der Waals surface area contributed by atoms with Gasteiger partial charge in [-0.1, -0.05) is 35.9 Å². The fourth-order valence-electron chi connectivity index (χ4n) is 3.37. The summed E-state index contributed by atoms with van der Waals surface area (Å²) in [6, 6.07) is 14.3. The molecule has 4 nitrogen and oxygen atoms in total. The Bertz CT molecular complexity index is 742. The van der Waals surface area contributed by atoms with Gasteiger partial charge in [0, 0.05) is 31.6 Å². The molecule has 0 aliphatic carbocycles. The Kier molecular flexibility index (Phi) is 5.71. The van der Waals surface area contributed by atoms with E-state index < -0.39 is 0 Å². The molecule has 0 fully saturated rings. The number of anilines is 2. The Balaban J connectivity index is 1.69. The molecule has 0 atom stereocenters. The summed E-state index contributed by atoms with van der Waals surface area (Å²) in [7, 11) is 1.73. The highest BCUT2D eigenvalue weighted by molar-refractivity contribution is 5.93. The van der Waals surface area contributed by atoms with Crippen LogP contribution in [0.25, 0.3) is 0 Å². The van der Waals surface area contributed by atoms with Crippen molar-refractivity contribution in [2.75, 3.05) is 37.0 Å². The van der Waals surface area contributed by atoms with E-state index in [4.69, 9.17) is 4.74 Å². The van der Waals surface area contributed by atoms with Crippen molar-refractivity contribution in [2.24, 2.45) is 0 Å². The minimum atomic E-state index is 0.0183. The summed E-state index contributed by atoms with van der Waals surface area (Å²) < 4.78 is 5.22. The zero-order valence-corrected chi connectivity index (χ0v) is 15.0. The first-order valence-electron chi connectivity index (χ1n) is 8.88. The van der Waals surface area contributed by atoms with Crippen LogP contribution in [0.4, 0.5) is 11.4 Å². The van der Waals surface area contributed by atoms with E-state index in [-0.39, 0.29) is 5.91 Å². The van der Waals surface area contributed by atoms with Gasteiger partial charge in [-0.3, -0.25) is 4.79 Å². The fraction of sp³-hybridized carbons (Fsp3) is 0.381. The largest absolute Gasteiger partial charge is 0.383 e. The van der Waals surface area contributed by atoms with Crippen LogP contribution in [0.15, 0.2) is 42.5 Å². The van der Waals surface area contributed by atoms with E-state index in [9.17, 15) is 4.79 Å². The van der Waals surface area contributed by atoms with Crippen molar-refractivity contribution in [1.82, 2.24) is 0 Å². The van der Waals surface area contributed by atoms with E-state index in [0.29, 0.717) is 13.0 Å². The highest BCUT2D eigenvalue weighted by atomic mass is 16.5. The number of hydrogen-bond acceptors (Lipinski definition) is 3. The van der Waals surface area contributed by atoms with Gasteiger partial charge < -0.3 is 15.0 Å². The lowest BCUT2D eigenvalue weighted by atomic mass is 10.0. The van der Waals surface area contributed by atoms with Crippen LogP contribution in [0.5, 0.6) is 0 Å². The SMILES string of the molecule is COCCN1CCCc2ccc(NC(=O)Cc3cccc(C)c3)cc21. The second-order valence-electron chi connectivity index (χ2n) is 6.64. The maximum absolute atomic E-state index is 12.4. The van der Waals surface area contributed by atoms with Gasteiger partial charge in [-0.2, -0.15) is 0 Å². The monoisotopic (exact) mass is 338 g/mol. The summed E-state index contributed by atoms with van der Waals surface area (Å²) >= 11 is 0. The third-order valence-electron chi connectivity index (χ3n) is 4.60. The number of amides is 1. The molecule has 0 aromatic heterocycles. The number of rotatable bonds is 6. The summed E-state index contributed by atoms with van der Waals surface area (Å²) in [6.45, 7) is 4.67. The van der Waals surface area contributed by atoms with Crippen LogP contribution in [0, 0.1) is 6.92 Å². The molecular weight excluding hydrogens is 312 g/mol. The van der Waals surface area contributed by atoms with Gasteiger partial charge >= 0.3 is 0 Å². The first-order chi connectivity index (χ1) is 12.2. The highest BCUT2D eigenvalue weighted by Gasteiger charge is 2.17. The maximum Gasteiger partial charge on any atom is 0.228 e. The Hall–Kier alpha value is -2.33. The van der Waals surface area contributed by atoms with E-state index in [1.54, 1.807) is 7.11 Å². The zero-order chi connectivity index (χ0) is 17.6. The third kappa shape index (κ3) is 4.60. The van der Waals surface area contributed by atoms with Gasteiger partial charge in [0.1, 0.15) is 0 Å². The number of nitrogens with zero attached hydrogens (tertiary/aromatic N) is 1. The second kappa shape index (κ2) is 8.17.